The fraction of sp³-hybridized carbons (Fsp3) is 0.562. The van der Waals surface area contributed by atoms with Crippen LogP contribution < -0.4 is 4.74 Å². The number of halogens is 3. The van der Waals surface area contributed by atoms with Crippen LogP contribution in [-0.2, 0) is 19.4 Å². The van der Waals surface area contributed by atoms with Crippen LogP contribution in [-0.4, -0.2) is 73.7 Å². The molecule has 0 spiro atoms. The Morgan fingerprint density at radius 2 is 2.04 bits per heavy atom. The Hall–Kier alpha value is -2.37. The number of amides is 1. The zero-order chi connectivity index (χ0) is 21.1. The molecular formula is C16H19F3N2O6S. The van der Waals surface area contributed by atoms with Crippen molar-refractivity contribution in [3.05, 3.63) is 23.9 Å². The Kier molecular flexibility index (Phi) is 6.52. The van der Waals surface area contributed by atoms with Crippen LogP contribution in [0.3, 0.4) is 0 Å². The lowest BCUT2D eigenvalue weighted by molar-refractivity contribution is -0.154. The van der Waals surface area contributed by atoms with Gasteiger partial charge >= 0.3 is 12.1 Å². The van der Waals surface area contributed by atoms with Crippen molar-refractivity contribution in [2.45, 2.75) is 31.7 Å². The van der Waals surface area contributed by atoms with Gasteiger partial charge in [0.2, 0.25) is 5.88 Å². The number of rotatable bonds is 6. The smallest absolute Gasteiger partial charge is 0.422 e. The molecule has 2 rings (SSSR count). The first-order valence-corrected chi connectivity index (χ1v) is 10.0. The monoisotopic (exact) mass is 424 g/mol. The number of sulfone groups is 1. The highest BCUT2D eigenvalue weighted by Gasteiger charge is 2.35. The summed E-state index contributed by atoms with van der Waals surface area (Å²) >= 11 is 0. The molecule has 0 unspecified atom stereocenters. The number of hydrogen-bond acceptors (Lipinski definition) is 7. The van der Waals surface area contributed by atoms with Crippen molar-refractivity contribution in [1.82, 2.24) is 9.88 Å². The van der Waals surface area contributed by atoms with Gasteiger partial charge in [-0.05, 0) is 19.4 Å². The second-order valence-corrected chi connectivity index (χ2v) is 8.57. The van der Waals surface area contributed by atoms with Gasteiger partial charge in [-0.2, -0.15) is 13.2 Å². The van der Waals surface area contributed by atoms with Crippen molar-refractivity contribution >= 4 is 21.7 Å². The van der Waals surface area contributed by atoms with Gasteiger partial charge < -0.3 is 14.4 Å². The third kappa shape index (κ3) is 6.08. The van der Waals surface area contributed by atoms with Crippen molar-refractivity contribution in [1.29, 1.82) is 0 Å². The van der Waals surface area contributed by atoms with Crippen LogP contribution in [0.25, 0.3) is 0 Å². The van der Waals surface area contributed by atoms with E-state index in [1.165, 1.54) is 18.9 Å². The summed E-state index contributed by atoms with van der Waals surface area (Å²) in [7, 11) is -1.74. The van der Waals surface area contributed by atoms with Crippen LogP contribution in [0.4, 0.5) is 13.2 Å². The van der Waals surface area contributed by atoms with Crippen LogP contribution in [0.5, 0.6) is 5.88 Å². The first-order valence-electron chi connectivity index (χ1n) is 8.21. The standard InChI is InChI=1S/C16H19F3N2O6S/c1-10(14(22)21(2)12-5-6-28(24,25)8-12)27-15(23)11-3-4-13(20-7-11)26-9-16(17,18)19/h3-4,7,10,12H,5-6,8-9H2,1-2H3/t10-,12+/m0/s1. The Morgan fingerprint density at radius 3 is 2.54 bits per heavy atom. The van der Waals surface area contributed by atoms with E-state index in [-0.39, 0.29) is 22.9 Å². The van der Waals surface area contributed by atoms with E-state index in [0.29, 0.717) is 6.42 Å². The van der Waals surface area contributed by atoms with Crippen molar-refractivity contribution < 1.29 is 40.7 Å². The number of ether oxygens (including phenoxy) is 2. The van der Waals surface area contributed by atoms with Gasteiger partial charge in [-0.3, -0.25) is 4.79 Å². The number of hydrogen-bond donors (Lipinski definition) is 0. The molecule has 1 aliphatic heterocycles. The number of likely N-dealkylation sites (N-methyl/N-ethyl adjacent to an activating group) is 1. The molecule has 2 heterocycles. The molecule has 156 valence electrons. The molecule has 1 aromatic rings. The highest BCUT2D eigenvalue weighted by atomic mass is 32.2. The molecule has 0 radical (unpaired) electrons. The lowest BCUT2D eigenvalue weighted by atomic mass is 10.2. The molecule has 0 aliphatic carbocycles. The molecule has 28 heavy (non-hydrogen) atoms. The van der Waals surface area contributed by atoms with E-state index in [9.17, 15) is 31.2 Å². The lowest BCUT2D eigenvalue weighted by Gasteiger charge is -2.26. The van der Waals surface area contributed by atoms with E-state index >= 15 is 0 Å². The average molecular weight is 424 g/mol. The van der Waals surface area contributed by atoms with Crippen molar-refractivity contribution in [2.24, 2.45) is 0 Å². The van der Waals surface area contributed by atoms with Crippen LogP contribution in [0.1, 0.15) is 23.7 Å². The number of alkyl halides is 3. The number of pyridine rings is 1. The Balaban J connectivity index is 1.91. The molecule has 1 aliphatic rings. The fourth-order valence-electron chi connectivity index (χ4n) is 2.57. The second kappa shape index (κ2) is 8.33. The highest BCUT2D eigenvalue weighted by molar-refractivity contribution is 7.91. The summed E-state index contributed by atoms with van der Waals surface area (Å²) in [5, 5.41) is 0. The highest BCUT2D eigenvalue weighted by Crippen LogP contribution is 2.19. The van der Waals surface area contributed by atoms with Gasteiger partial charge in [0.05, 0.1) is 17.1 Å². The van der Waals surface area contributed by atoms with Crippen LogP contribution in [0.15, 0.2) is 18.3 Å². The summed E-state index contributed by atoms with van der Waals surface area (Å²) < 4.78 is 68.8. The normalized spacial score (nSPS) is 19.7. The van der Waals surface area contributed by atoms with E-state index in [1.54, 1.807) is 0 Å². The average Bonchev–Trinajstić information content (AvgIpc) is 2.98. The molecular weight excluding hydrogens is 405 g/mol. The zero-order valence-electron chi connectivity index (χ0n) is 15.1. The maximum atomic E-state index is 12.4. The fourth-order valence-corrected chi connectivity index (χ4v) is 4.34. The summed E-state index contributed by atoms with van der Waals surface area (Å²) in [6.07, 6.45) is -4.41. The lowest BCUT2D eigenvalue weighted by Crippen LogP contribution is -2.44. The first-order chi connectivity index (χ1) is 12.9. The van der Waals surface area contributed by atoms with Gasteiger partial charge in [-0.15, -0.1) is 0 Å². The molecule has 1 saturated heterocycles. The Bertz CT molecular complexity index is 826. The van der Waals surface area contributed by atoms with Gasteiger partial charge in [-0.1, -0.05) is 0 Å². The third-order valence-electron chi connectivity index (χ3n) is 4.09. The molecule has 12 heteroatoms. The van der Waals surface area contributed by atoms with Gasteiger partial charge in [0.1, 0.15) is 0 Å². The first kappa shape index (κ1) is 21.9. The van der Waals surface area contributed by atoms with Crippen molar-refractivity contribution in [2.75, 3.05) is 25.2 Å². The summed E-state index contributed by atoms with van der Waals surface area (Å²) in [5.41, 5.74) is -0.0786. The minimum Gasteiger partial charge on any atom is -0.468 e. The second-order valence-electron chi connectivity index (χ2n) is 6.34. The quantitative estimate of drug-likeness (QED) is 0.633. The number of nitrogens with zero attached hydrogens (tertiary/aromatic N) is 2. The van der Waals surface area contributed by atoms with Gasteiger partial charge in [0.15, 0.2) is 22.5 Å². The molecule has 8 nitrogen and oxygen atoms in total. The topological polar surface area (TPSA) is 103 Å². The summed E-state index contributed by atoms with van der Waals surface area (Å²) in [4.78, 5) is 29.3. The maximum absolute atomic E-state index is 12.4. The molecule has 0 N–H and O–H groups in total. The molecule has 0 bridgehead atoms. The largest absolute Gasteiger partial charge is 0.468 e. The van der Waals surface area contributed by atoms with Crippen LogP contribution >= 0.6 is 0 Å². The molecule has 1 amide bonds. The summed E-state index contributed by atoms with van der Waals surface area (Å²) in [5.74, 6) is -1.92. The van der Waals surface area contributed by atoms with Crippen molar-refractivity contribution in [3.63, 3.8) is 0 Å². The van der Waals surface area contributed by atoms with Gasteiger partial charge in [0.25, 0.3) is 5.91 Å². The van der Waals surface area contributed by atoms with E-state index in [1.807, 2.05) is 0 Å². The Labute approximate surface area is 159 Å². The van der Waals surface area contributed by atoms with Crippen molar-refractivity contribution in [3.8, 4) is 5.88 Å². The van der Waals surface area contributed by atoms with E-state index < -0.39 is 46.6 Å². The minimum absolute atomic E-state index is 0.00210. The number of aromatic nitrogens is 1. The SMILES string of the molecule is C[C@H](OC(=O)c1ccc(OCC(F)(F)F)nc1)C(=O)N(C)[C@@H]1CCS(=O)(=O)C1. The molecule has 0 saturated carbocycles. The molecule has 2 atom stereocenters. The predicted molar refractivity (Wildman–Crippen MR) is 90.5 cm³/mol. The van der Waals surface area contributed by atoms with Gasteiger partial charge in [0, 0.05) is 25.4 Å². The van der Waals surface area contributed by atoms with E-state index in [0.717, 1.165) is 18.3 Å². The molecule has 1 fully saturated rings. The number of carbonyl (C=O) groups is 2. The molecule has 0 aromatic carbocycles. The zero-order valence-corrected chi connectivity index (χ0v) is 15.9. The van der Waals surface area contributed by atoms with Crippen LogP contribution in [0, 0.1) is 0 Å². The van der Waals surface area contributed by atoms with E-state index in [4.69, 9.17) is 4.74 Å². The molecule has 1 aromatic heterocycles. The number of carbonyl (C=O) groups excluding carboxylic acids is 2. The number of esters is 1. The maximum Gasteiger partial charge on any atom is 0.422 e. The van der Waals surface area contributed by atoms with E-state index in [2.05, 4.69) is 9.72 Å². The minimum atomic E-state index is -4.51. The third-order valence-corrected chi connectivity index (χ3v) is 5.84. The predicted octanol–water partition coefficient (Wildman–Crippen LogP) is 1.21. The van der Waals surface area contributed by atoms with Gasteiger partial charge in [-0.25, -0.2) is 18.2 Å². The van der Waals surface area contributed by atoms with Crippen LogP contribution in [0.2, 0.25) is 0 Å². The summed E-state index contributed by atoms with van der Waals surface area (Å²) in [6, 6.07) is 1.75. The Morgan fingerprint density at radius 1 is 1.36 bits per heavy atom. The summed E-state index contributed by atoms with van der Waals surface area (Å²) in [6.45, 7) is -0.174.